The molecule has 2 atom stereocenters. The van der Waals surface area contributed by atoms with Crippen molar-refractivity contribution >= 4 is 17.4 Å². The fourth-order valence-corrected chi connectivity index (χ4v) is 4.77. The highest BCUT2D eigenvalue weighted by molar-refractivity contribution is 6.04. The zero-order valence-electron chi connectivity index (χ0n) is 20.6. The number of carbonyl (C=O) groups excluding carboxylic acids is 2. The second-order valence-electron chi connectivity index (χ2n) is 9.41. The predicted octanol–water partition coefficient (Wildman–Crippen LogP) is 7.08. The third-order valence-corrected chi connectivity index (χ3v) is 6.84. The van der Waals surface area contributed by atoms with Crippen molar-refractivity contribution in [1.29, 1.82) is 0 Å². The molecule has 0 bridgehead atoms. The molecule has 4 aromatic rings. The zero-order valence-corrected chi connectivity index (χ0v) is 20.6. The predicted molar refractivity (Wildman–Crippen MR) is 142 cm³/mol. The molecule has 186 valence electrons. The Labute approximate surface area is 216 Å². The number of aryl methyl sites for hydroxylation is 1. The van der Waals surface area contributed by atoms with E-state index in [2.05, 4.69) is 0 Å². The van der Waals surface area contributed by atoms with Crippen molar-refractivity contribution in [3.63, 3.8) is 0 Å². The molecule has 1 amide bonds. The number of rotatable bonds is 9. The highest BCUT2D eigenvalue weighted by Crippen LogP contribution is 2.46. The van der Waals surface area contributed by atoms with Crippen molar-refractivity contribution in [1.82, 2.24) is 0 Å². The fourth-order valence-electron chi connectivity index (χ4n) is 4.77. The summed E-state index contributed by atoms with van der Waals surface area (Å²) in [5, 5.41) is 0. The van der Waals surface area contributed by atoms with Gasteiger partial charge in [0.25, 0.3) is 0 Å². The standard InChI is InChI=1S/C32H28FNO3/c1-22-7-9-24(10-8-22)30(35)20-19-29-31(34(32(29)36)27-15-13-26(33)14-16-27)25-11-17-28(18-12-25)37-21-23-5-3-2-4-6-23/h2-18,29,31H,19-21H2,1H3/t29-,31-/m1/s1. The number of benzene rings is 4. The van der Waals surface area contributed by atoms with E-state index >= 15 is 0 Å². The van der Waals surface area contributed by atoms with Gasteiger partial charge in [-0.2, -0.15) is 0 Å². The summed E-state index contributed by atoms with van der Waals surface area (Å²) < 4.78 is 19.5. The molecule has 0 radical (unpaired) electrons. The Kier molecular flexibility index (Phi) is 7.13. The number of anilines is 1. The normalized spacial score (nSPS) is 16.8. The van der Waals surface area contributed by atoms with Gasteiger partial charge < -0.3 is 9.64 Å². The Morgan fingerprint density at radius 3 is 2.22 bits per heavy atom. The topological polar surface area (TPSA) is 46.6 Å². The first-order valence-corrected chi connectivity index (χ1v) is 12.4. The number of β-lactam (4-membered cyclic amide) rings is 1. The van der Waals surface area contributed by atoms with E-state index in [1.807, 2.05) is 85.8 Å². The first kappa shape index (κ1) is 24.4. The summed E-state index contributed by atoms with van der Waals surface area (Å²) in [6, 6.07) is 30.9. The molecule has 0 saturated carbocycles. The number of halogens is 1. The number of hydrogen-bond acceptors (Lipinski definition) is 3. The van der Waals surface area contributed by atoms with Gasteiger partial charge in [-0.15, -0.1) is 0 Å². The first-order valence-electron chi connectivity index (χ1n) is 12.4. The van der Waals surface area contributed by atoms with Crippen LogP contribution in [0.1, 0.15) is 45.9 Å². The maximum Gasteiger partial charge on any atom is 0.233 e. The summed E-state index contributed by atoms with van der Waals surface area (Å²) in [5.74, 6) is 0.0100. The third kappa shape index (κ3) is 5.46. The second kappa shape index (κ2) is 10.8. The van der Waals surface area contributed by atoms with Crippen molar-refractivity contribution in [2.75, 3.05) is 4.90 Å². The van der Waals surface area contributed by atoms with Gasteiger partial charge in [0.05, 0.1) is 12.0 Å². The second-order valence-corrected chi connectivity index (χ2v) is 9.41. The van der Waals surface area contributed by atoms with Gasteiger partial charge in [0, 0.05) is 17.7 Å². The molecule has 5 heteroatoms. The monoisotopic (exact) mass is 493 g/mol. The van der Waals surface area contributed by atoms with Crippen LogP contribution in [0.5, 0.6) is 5.75 Å². The molecular weight excluding hydrogens is 465 g/mol. The van der Waals surface area contributed by atoms with Crippen LogP contribution in [-0.2, 0) is 11.4 Å². The van der Waals surface area contributed by atoms with Crippen LogP contribution >= 0.6 is 0 Å². The minimum atomic E-state index is -0.353. The van der Waals surface area contributed by atoms with Crippen LogP contribution in [0.25, 0.3) is 0 Å². The van der Waals surface area contributed by atoms with Crippen LogP contribution in [0.3, 0.4) is 0 Å². The lowest BCUT2D eigenvalue weighted by Crippen LogP contribution is -2.55. The molecule has 1 fully saturated rings. The number of hydrogen-bond donors (Lipinski definition) is 0. The highest BCUT2D eigenvalue weighted by Gasteiger charge is 2.48. The maximum absolute atomic E-state index is 13.5. The van der Waals surface area contributed by atoms with Crippen LogP contribution in [0.15, 0.2) is 103 Å². The van der Waals surface area contributed by atoms with E-state index in [0.29, 0.717) is 24.3 Å². The Morgan fingerprint density at radius 2 is 1.54 bits per heavy atom. The maximum atomic E-state index is 13.5. The molecule has 0 aliphatic carbocycles. The zero-order chi connectivity index (χ0) is 25.8. The summed E-state index contributed by atoms with van der Waals surface area (Å²) in [6.45, 7) is 2.45. The third-order valence-electron chi connectivity index (χ3n) is 6.84. The minimum Gasteiger partial charge on any atom is -0.489 e. The molecule has 5 rings (SSSR count). The summed E-state index contributed by atoms with van der Waals surface area (Å²) >= 11 is 0. The van der Waals surface area contributed by atoms with Gasteiger partial charge in [-0.1, -0.05) is 72.3 Å². The average molecular weight is 494 g/mol. The quantitative estimate of drug-likeness (QED) is 0.185. The molecular formula is C32H28FNO3. The Balaban J connectivity index is 1.33. The number of ether oxygens (including phenoxy) is 1. The molecule has 0 N–H and O–H groups in total. The summed E-state index contributed by atoms with van der Waals surface area (Å²) in [7, 11) is 0. The van der Waals surface area contributed by atoms with E-state index in [1.165, 1.54) is 12.1 Å². The van der Waals surface area contributed by atoms with E-state index < -0.39 is 0 Å². The van der Waals surface area contributed by atoms with E-state index in [9.17, 15) is 14.0 Å². The molecule has 4 nitrogen and oxygen atoms in total. The van der Waals surface area contributed by atoms with Crippen molar-refractivity contribution in [2.24, 2.45) is 5.92 Å². The van der Waals surface area contributed by atoms with Gasteiger partial charge in [-0.3, -0.25) is 9.59 Å². The lowest BCUT2D eigenvalue weighted by Gasteiger charge is -2.47. The first-order chi connectivity index (χ1) is 18.0. The molecule has 1 aliphatic heterocycles. The summed E-state index contributed by atoms with van der Waals surface area (Å²) in [4.78, 5) is 27.7. The average Bonchev–Trinajstić information content (AvgIpc) is 2.93. The van der Waals surface area contributed by atoms with Crippen LogP contribution in [-0.4, -0.2) is 11.7 Å². The van der Waals surface area contributed by atoms with Crippen molar-refractivity contribution in [3.05, 3.63) is 131 Å². The number of nitrogens with zero attached hydrogens (tertiary/aromatic N) is 1. The van der Waals surface area contributed by atoms with Crippen molar-refractivity contribution < 1.29 is 18.7 Å². The van der Waals surface area contributed by atoms with Gasteiger partial charge >= 0.3 is 0 Å². The van der Waals surface area contributed by atoms with Crippen molar-refractivity contribution in [3.8, 4) is 5.75 Å². The van der Waals surface area contributed by atoms with E-state index in [4.69, 9.17) is 4.74 Å². The number of ketones is 1. The number of Topliss-reactive ketones (excluding diaryl/α,β-unsaturated/α-hetero) is 1. The van der Waals surface area contributed by atoms with E-state index in [0.717, 1.165) is 22.4 Å². The molecule has 1 saturated heterocycles. The van der Waals surface area contributed by atoms with Crippen LogP contribution in [0, 0.1) is 18.7 Å². The molecule has 1 aliphatic rings. The molecule has 1 heterocycles. The number of carbonyl (C=O) groups is 2. The Bertz CT molecular complexity index is 1370. The lowest BCUT2D eigenvalue weighted by atomic mass is 9.78. The Hall–Kier alpha value is -4.25. The smallest absolute Gasteiger partial charge is 0.233 e. The minimum absolute atomic E-state index is 0.0245. The lowest BCUT2D eigenvalue weighted by molar-refractivity contribution is -0.130. The van der Waals surface area contributed by atoms with Gasteiger partial charge in [0.1, 0.15) is 18.2 Å². The number of amides is 1. The van der Waals surface area contributed by atoms with Gasteiger partial charge in [-0.25, -0.2) is 4.39 Å². The van der Waals surface area contributed by atoms with Gasteiger partial charge in [-0.05, 0) is 60.9 Å². The molecule has 0 unspecified atom stereocenters. The van der Waals surface area contributed by atoms with Gasteiger partial charge in [0.2, 0.25) is 5.91 Å². The van der Waals surface area contributed by atoms with Gasteiger partial charge in [0.15, 0.2) is 5.78 Å². The SMILES string of the molecule is Cc1ccc(C(=O)CC[C@H]2C(=O)N(c3ccc(F)cc3)[C@@H]2c2ccc(OCc3ccccc3)cc2)cc1. The largest absolute Gasteiger partial charge is 0.489 e. The molecule has 0 aromatic heterocycles. The molecule has 37 heavy (non-hydrogen) atoms. The molecule has 0 spiro atoms. The highest BCUT2D eigenvalue weighted by atomic mass is 19.1. The van der Waals surface area contributed by atoms with Crippen LogP contribution in [0.2, 0.25) is 0 Å². The Morgan fingerprint density at radius 1 is 0.865 bits per heavy atom. The van der Waals surface area contributed by atoms with E-state index in [1.54, 1.807) is 17.0 Å². The summed E-state index contributed by atoms with van der Waals surface area (Å²) in [5.41, 5.74) is 4.42. The van der Waals surface area contributed by atoms with Crippen LogP contribution < -0.4 is 9.64 Å². The van der Waals surface area contributed by atoms with E-state index in [-0.39, 0.29) is 35.9 Å². The van der Waals surface area contributed by atoms with Crippen LogP contribution in [0.4, 0.5) is 10.1 Å². The van der Waals surface area contributed by atoms with Crippen molar-refractivity contribution in [2.45, 2.75) is 32.4 Å². The summed E-state index contributed by atoms with van der Waals surface area (Å²) in [6.07, 6.45) is 0.728. The molecule has 4 aromatic carbocycles. The fraction of sp³-hybridized carbons (Fsp3) is 0.188.